The maximum atomic E-state index is 12.2. The normalized spacial score (nSPS) is 21.8. The lowest BCUT2D eigenvalue weighted by molar-refractivity contribution is 0.00933. The zero-order chi connectivity index (χ0) is 17.0. The number of hydrogen-bond donors (Lipinski definition) is 1. The van der Waals surface area contributed by atoms with Crippen LogP contribution in [0.15, 0.2) is 12.1 Å². The van der Waals surface area contributed by atoms with Crippen LogP contribution >= 0.6 is 11.3 Å². The summed E-state index contributed by atoms with van der Waals surface area (Å²) in [6.45, 7) is 9.22. The molecule has 2 rings (SSSR count). The second-order valence-electron chi connectivity index (χ2n) is 7.00. The Bertz CT molecular complexity index is 585. The van der Waals surface area contributed by atoms with Crippen molar-refractivity contribution in [1.82, 2.24) is 10.2 Å². The first-order chi connectivity index (χ1) is 10.8. The molecule has 1 amide bonds. The average Bonchev–Trinajstić information content (AvgIpc) is 2.91. The lowest BCUT2D eigenvalue weighted by Crippen LogP contribution is -2.50. The molecule has 126 valence electrons. The number of amides is 1. The number of likely N-dealkylation sites (tertiary alicyclic amines) is 1. The molecular weight excluding hydrogens is 310 g/mol. The van der Waals surface area contributed by atoms with E-state index < -0.39 is 5.60 Å². The van der Waals surface area contributed by atoms with Gasteiger partial charge in [0.2, 0.25) is 0 Å². The first-order valence-electron chi connectivity index (χ1n) is 8.00. The molecule has 0 spiro atoms. The minimum atomic E-state index is -0.455. The molecule has 2 heterocycles. The van der Waals surface area contributed by atoms with E-state index in [0.717, 1.165) is 24.3 Å². The van der Waals surface area contributed by atoms with E-state index in [-0.39, 0.29) is 12.1 Å². The van der Waals surface area contributed by atoms with Crippen LogP contribution in [0.1, 0.15) is 50.3 Å². The SMILES string of the molecule is CC1CC(NCc2ccc(C#N)s2)CCN1C(=O)OC(C)(C)C. The molecule has 0 aliphatic carbocycles. The van der Waals surface area contributed by atoms with Gasteiger partial charge in [0.15, 0.2) is 0 Å². The second kappa shape index (κ2) is 7.33. The summed E-state index contributed by atoms with van der Waals surface area (Å²) in [4.78, 5) is 15.9. The van der Waals surface area contributed by atoms with E-state index in [4.69, 9.17) is 10.00 Å². The molecule has 2 atom stereocenters. The lowest BCUT2D eigenvalue weighted by Gasteiger charge is -2.38. The van der Waals surface area contributed by atoms with Crippen LogP contribution < -0.4 is 5.32 Å². The molecule has 0 saturated carbocycles. The van der Waals surface area contributed by atoms with Crippen molar-refractivity contribution in [2.45, 2.75) is 64.8 Å². The van der Waals surface area contributed by atoms with Crippen LogP contribution in [-0.2, 0) is 11.3 Å². The second-order valence-corrected chi connectivity index (χ2v) is 8.17. The van der Waals surface area contributed by atoms with Gasteiger partial charge in [-0.15, -0.1) is 11.3 Å². The lowest BCUT2D eigenvalue weighted by atomic mass is 9.98. The third kappa shape index (κ3) is 5.22. The van der Waals surface area contributed by atoms with Crippen LogP contribution in [-0.4, -0.2) is 35.2 Å². The Labute approximate surface area is 142 Å². The van der Waals surface area contributed by atoms with Crippen LogP contribution in [0.25, 0.3) is 0 Å². The third-order valence-corrected chi connectivity index (χ3v) is 4.83. The number of carbonyl (C=O) groups excluding carboxylic acids is 1. The molecule has 1 fully saturated rings. The van der Waals surface area contributed by atoms with E-state index in [1.54, 1.807) is 0 Å². The number of hydrogen-bond acceptors (Lipinski definition) is 5. The van der Waals surface area contributed by atoms with Crippen LogP contribution in [0.3, 0.4) is 0 Å². The highest BCUT2D eigenvalue weighted by atomic mass is 32.1. The average molecular weight is 335 g/mol. The predicted octanol–water partition coefficient (Wildman–Crippen LogP) is 3.50. The number of piperidine rings is 1. The molecule has 1 saturated heterocycles. The maximum absolute atomic E-state index is 12.2. The highest BCUT2D eigenvalue weighted by Crippen LogP contribution is 2.22. The highest BCUT2D eigenvalue weighted by Gasteiger charge is 2.31. The van der Waals surface area contributed by atoms with Crippen molar-refractivity contribution in [2.24, 2.45) is 0 Å². The largest absolute Gasteiger partial charge is 0.444 e. The van der Waals surface area contributed by atoms with Gasteiger partial charge in [0.1, 0.15) is 16.5 Å². The van der Waals surface area contributed by atoms with Crippen molar-refractivity contribution in [1.29, 1.82) is 5.26 Å². The summed E-state index contributed by atoms with van der Waals surface area (Å²) in [6, 6.07) is 6.56. The molecule has 1 aliphatic heterocycles. The third-order valence-electron chi connectivity index (χ3n) is 3.84. The zero-order valence-electron chi connectivity index (χ0n) is 14.3. The Hall–Kier alpha value is -1.58. The summed E-state index contributed by atoms with van der Waals surface area (Å²) in [5.74, 6) is 0. The van der Waals surface area contributed by atoms with Crippen molar-refractivity contribution >= 4 is 17.4 Å². The van der Waals surface area contributed by atoms with Crippen LogP contribution in [0.2, 0.25) is 0 Å². The summed E-state index contributed by atoms with van der Waals surface area (Å²) in [7, 11) is 0. The van der Waals surface area contributed by atoms with Gasteiger partial charge in [-0.3, -0.25) is 0 Å². The summed E-state index contributed by atoms with van der Waals surface area (Å²) < 4.78 is 5.46. The molecule has 0 radical (unpaired) electrons. The minimum absolute atomic E-state index is 0.161. The first-order valence-corrected chi connectivity index (χ1v) is 8.82. The molecule has 1 aliphatic rings. The summed E-state index contributed by atoms with van der Waals surface area (Å²) in [5, 5.41) is 12.4. The summed E-state index contributed by atoms with van der Waals surface area (Å²) in [5.41, 5.74) is -0.455. The molecule has 0 aromatic carbocycles. The Morgan fingerprint density at radius 3 is 2.83 bits per heavy atom. The number of carbonyl (C=O) groups is 1. The molecule has 1 N–H and O–H groups in total. The van der Waals surface area contributed by atoms with Crippen LogP contribution in [0.4, 0.5) is 4.79 Å². The molecule has 23 heavy (non-hydrogen) atoms. The monoisotopic (exact) mass is 335 g/mol. The fourth-order valence-corrected chi connectivity index (χ4v) is 3.48. The molecule has 6 heteroatoms. The number of ether oxygens (including phenoxy) is 1. The van der Waals surface area contributed by atoms with Gasteiger partial charge in [0.25, 0.3) is 0 Å². The Kier molecular flexibility index (Phi) is 5.66. The van der Waals surface area contributed by atoms with Gasteiger partial charge in [-0.05, 0) is 52.7 Å². The van der Waals surface area contributed by atoms with Crippen LogP contribution in [0.5, 0.6) is 0 Å². The van der Waals surface area contributed by atoms with Crippen molar-refractivity contribution in [2.75, 3.05) is 6.54 Å². The number of rotatable bonds is 3. The van der Waals surface area contributed by atoms with Crippen molar-refractivity contribution in [3.63, 3.8) is 0 Å². The van der Waals surface area contributed by atoms with Crippen molar-refractivity contribution in [3.05, 3.63) is 21.9 Å². The van der Waals surface area contributed by atoms with Crippen molar-refractivity contribution < 1.29 is 9.53 Å². The number of nitriles is 1. The predicted molar refractivity (Wildman–Crippen MR) is 91.3 cm³/mol. The van der Waals surface area contributed by atoms with Gasteiger partial charge in [0, 0.05) is 30.1 Å². The van der Waals surface area contributed by atoms with Gasteiger partial charge >= 0.3 is 6.09 Å². The van der Waals surface area contributed by atoms with E-state index in [1.165, 1.54) is 16.2 Å². The van der Waals surface area contributed by atoms with Crippen molar-refractivity contribution in [3.8, 4) is 6.07 Å². The fourth-order valence-electron chi connectivity index (χ4n) is 2.73. The van der Waals surface area contributed by atoms with E-state index in [1.807, 2.05) is 37.8 Å². The van der Waals surface area contributed by atoms with Gasteiger partial charge in [-0.1, -0.05) is 0 Å². The highest BCUT2D eigenvalue weighted by molar-refractivity contribution is 7.12. The number of nitrogens with zero attached hydrogens (tertiary/aromatic N) is 2. The van der Waals surface area contributed by atoms with Crippen LogP contribution in [0, 0.1) is 11.3 Å². The minimum Gasteiger partial charge on any atom is -0.444 e. The summed E-state index contributed by atoms with van der Waals surface area (Å²) in [6.07, 6.45) is 1.61. The fraction of sp³-hybridized carbons (Fsp3) is 0.647. The van der Waals surface area contributed by atoms with Gasteiger partial charge in [0.05, 0.1) is 0 Å². The summed E-state index contributed by atoms with van der Waals surface area (Å²) >= 11 is 1.53. The molecule has 0 bridgehead atoms. The Morgan fingerprint density at radius 2 is 2.26 bits per heavy atom. The molecule has 5 nitrogen and oxygen atoms in total. The maximum Gasteiger partial charge on any atom is 0.410 e. The van der Waals surface area contributed by atoms with Gasteiger partial charge < -0.3 is 15.0 Å². The Morgan fingerprint density at radius 1 is 1.52 bits per heavy atom. The van der Waals surface area contributed by atoms with E-state index in [2.05, 4.69) is 18.3 Å². The molecule has 2 unspecified atom stereocenters. The number of thiophene rings is 1. The van der Waals surface area contributed by atoms with Gasteiger partial charge in [-0.2, -0.15) is 5.26 Å². The van der Waals surface area contributed by atoms with Gasteiger partial charge in [-0.25, -0.2) is 4.79 Å². The molecule has 1 aromatic heterocycles. The molecule has 1 aromatic rings. The molecular formula is C17H25N3O2S. The quantitative estimate of drug-likeness (QED) is 0.918. The van der Waals surface area contributed by atoms with E-state index in [9.17, 15) is 4.79 Å². The zero-order valence-corrected chi connectivity index (χ0v) is 15.1. The smallest absolute Gasteiger partial charge is 0.410 e. The van der Waals surface area contributed by atoms with E-state index in [0.29, 0.717) is 12.6 Å². The standard InChI is InChI=1S/C17H25N3O2S/c1-12-9-13(19-11-15-6-5-14(10-18)23-15)7-8-20(12)16(21)22-17(2,3)4/h5-6,12-13,19H,7-9,11H2,1-4H3. The number of nitrogens with one attached hydrogen (secondary N) is 1. The Balaban J connectivity index is 1.81. The first kappa shape index (κ1) is 17.8. The topological polar surface area (TPSA) is 65.4 Å². The van der Waals surface area contributed by atoms with E-state index >= 15 is 0 Å².